The van der Waals surface area contributed by atoms with E-state index in [9.17, 15) is 0 Å². The molecule has 0 amide bonds. The van der Waals surface area contributed by atoms with E-state index in [1.165, 1.54) is 38.8 Å². The van der Waals surface area contributed by atoms with Crippen LogP contribution in [0.2, 0.25) is 0 Å². The van der Waals surface area contributed by atoms with E-state index in [0.717, 1.165) is 24.2 Å². The summed E-state index contributed by atoms with van der Waals surface area (Å²) in [7, 11) is 0. The summed E-state index contributed by atoms with van der Waals surface area (Å²) in [5.41, 5.74) is 8.06. The first kappa shape index (κ1) is 23.2. The third kappa shape index (κ3) is 4.77. The first-order chi connectivity index (χ1) is 17.7. The summed E-state index contributed by atoms with van der Waals surface area (Å²) < 4.78 is 23.2. The number of ether oxygens (including phenoxy) is 4. The second-order valence-corrected chi connectivity index (χ2v) is 9.88. The summed E-state index contributed by atoms with van der Waals surface area (Å²) in [6, 6.07) is 28.2. The molecule has 3 unspecified atom stereocenters. The molecule has 6 rings (SSSR count). The maximum atomic E-state index is 6.27. The highest BCUT2D eigenvalue weighted by Gasteiger charge is 2.24. The van der Waals surface area contributed by atoms with Crippen LogP contribution >= 0.6 is 0 Å². The van der Waals surface area contributed by atoms with Gasteiger partial charge in [-0.05, 0) is 65.1 Å². The fraction of sp³-hybridized carbons (Fsp3) is 0.312. The highest BCUT2D eigenvalue weighted by molar-refractivity contribution is 6.01. The minimum Gasteiger partial charge on any atom is -0.490 e. The molecule has 4 heteroatoms. The number of fused-ring (bicyclic) bond motifs is 4. The lowest BCUT2D eigenvalue weighted by molar-refractivity contribution is -0.0450. The molecule has 4 nitrogen and oxygen atoms in total. The van der Waals surface area contributed by atoms with Gasteiger partial charge in [0.25, 0.3) is 0 Å². The molecule has 3 atom stereocenters. The smallest absolute Gasteiger partial charge is 0.127 e. The van der Waals surface area contributed by atoms with Crippen molar-refractivity contribution in [3.8, 4) is 28.0 Å². The summed E-state index contributed by atoms with van der Waals surface area (Å²) in [5, 5.41) is 2.33. The van der Waals surface area contributed by atoms with Gasteiger partial charge in [-0.15, -0.1) is 0 Å². The lowest BCUT2D eigenvalue weighted by atomic mass is 9.92. The maximum Gasteiger partial charge on any atom is 0.127 e. The van der Waals surface area contributed by atoms with Crippen molar-refractivity contribution in [1.29, 1.82) is 0 Å². The van der Waals surface area contributed by atoms with E-state index in [-0.39, 0.29) is 18.3 Å². The van der Waals surface area contributed by atoms with Gasteiger partial charge in [0.15, 0.2) is 0 Å². The Bertz CT molecular complexity index is 1370. The van der Waals surface area contributed by atoms with Crippen molar-refractivity contribution >= 4 is 10.8 Å². The van der Waals surface area contributed by atoms with Gasteiger partial charge in [-0.3, -0.25) is 0 Å². The molecule has 0 saturated carbocycles. The second kappa shape index (κ2) is 10.1. The molecular weight excluding hydrogens is 448 g/mol. The summed E-state index contributed by atoms with van der Waals surface area (Å²) in [6.07, 6.45) is 1.24. The average molecular weight is 481 g/mol. The second-order valence-electron chi connectivity index (χ2n) is 9.88. The summed E-state index contributed by atoms with van der Waals surface area (Å²) >= 11 is 0. The van der Waals surface area contributed by atoms with Crippen LogP contribution in [-0.4, -0.2) is 44.7 Å². The van der Waals surface area contributed by atoms with Gasteiger partial charge in [0.05, 0.1) is 32.0 Å². The molecule has 0 N–H and O–H groups in total. The van der Waals surface area contributed by atoms with Crippen molar-refractivity contribution in [2.45, 2.75) is 38.6 Å². The third-order valence-corrected chi connectivity index (χ3v) is 7.08. The largest absolute Gasteiger partial charge is 0.490 e. The molecule has 4 aromatic rings. The molecule has 0 aromatic heterocycles. The van der Waals surface area contributed by atoms with E-state index in [2.05, 4.69) is 72.8 Å². The molecule has 1 aliphatic heterocycles. The normalized spacial score (nSPS) is 17.4. The predicted octanol–water partition coefficient (Wildman–Crippen LogP) is 6.67. The van der Waals surface area contributed by atoms with Gasteiger partial charge in [0.1, 0.15) is 18.5 Å². The van der Waals surface area contributed by atoms with Crippen LogP contribution in [0.3, 0.4) is 0 Å². The molecule has 1 heterocycles. The van der Waals surface area contributed by atoms with Crippen molar-refractivity contribution < 1.29 is 18.9 Å². The average Bonchev–Trinajstić information content (AvgIpc) is 3.67. The predicted molar refractivity (Wildman–Crippen MR) is 144 cm³/mol. The number of rotatable bonds is 10. The van der Waals surface area contributed by atoms with Crippen molar-refractivity contribution in [2.75, 3.05) is 26.4 Å². The zero-order chi connectivity index (χ0) is 24.5. The Morgan fingerprint density at radius 2 is 1.39 bits per heavy atom. The van der Waals surface area contributed by atoms with Gasteiger partial charge in [-0.1, -0.05) is 72.8 Å². The molecular formula is C32H32O4. The fourth-order valence-corrected chi connectivity index (χ4v) is 5.09. The standard InChI is InChI=1S/C32H32O4/c1-21(34-19-24-20-35-24)17-33-22(2)18-36-32-15-7-13-28-27(11-6-14-30(28)32)29-12-5-10-26-25-9-4-3-8-23(25)16-31(26)29/h3-15,21-22,24H,16-20H2,1-2H3. The van der Waals surface area contributed by atoms with Crippen molar-refractivity contribution in [3.63, 3.8) is 0 Å². The van der Waals surface area contributed by atoms with Crippen LogP contribution in [0.5, 0.6) is 5.75 Å². The van der Waals surface area contributed by atoms with Crippen LogP contribution < -0.4 is 4.74 Å². The Kier molecular flexibility index (Phi) is 6.49. The zero-order valence-electron chi connectivity index (χ0n) is 20.9. The number of epoxide rings is 1. The monoisotopic (exact) mass is 480 g/mol. The molecule has 0 radical (unpaired) electrons. The number of benzene rings is 4. The van der Waals surface area contributed by atoms with Crippen LogP contribution in [0, 0.1) is 0 Å². The molecule has 1 fully saturated rings. The molecule has 4 aromatic carbocycles. The van der Waals surface area contributed by atoms with Crippen LogP contribution in [-0.2, 0) is 20.6 Å². The van der Waals surface area contributed by atoms with Gasteiger partial charge in [0, 0.05) is 5.39 Å². The van der Waals surface area contributed by atoms with Gasteiger partial charge in [0.2, 0.25) is 0 Å². The topological polar surface area (TPSA) is 40.2 Å². The number of hydrogen-bond acceptors (Lipinski definition) is 4. The van der Waals surface area contributed by atoms with E-state index < -0.39 is 0 Å². The van der Waals surface area contributed by atoms with Crippen molar-refractivity contribution in [2.24, 2.45) is 0 Å². The maximum absolute atomic E-state index is 6.27. The Morgan fingerprint density at radius 1 is 0.722 bits per heavy atom. The number of hydrogen-bond donors (Lipinski definition) is 0. The lowest BCUT2D eigenvalue weighted by Crippen LogP contribution is -2.25. The van der Waals surface area contributed by atoms with Gasteiger partial charge in [-0.25, -0.2) is 0 Å². The van der Waals surface area contributed by atoms with E-state index in [1.54, 1.807) is 0 Å². The third-order valence-electron chi connectivity index (χ3n) is 7.08. The lowest BCUT2D eigenvalue weighted by Gasteiger charge is -2.19. The molecule has 2 aliphatic rings. The van der Waals surface area contributed by atoms with Gasteiger partial charge in [-0.2, -0.15) is 0 Å². The first-order valence-corrected chi connectivity index (χ1v) is 12.9. The SMILES string of the molecule is CC(COc1cccc2c(-c3cccc4c3Cc3ccccc3-4)cccc12)OCC(C)OCC1CO1. The molecule has 0 bridgehead atoms. The summed E-state index contributed by atoms with van der Waals surface area (Å²) in [6.45, 7) is 6.55. The van der Waals surface area contributed by atoms with E-state index >= 15 is 0 Å². The fourth-order valence-electron chi connectivity index (χ4n) is 5.09. The molecule has 1 saturated heterocycles. The zero-order valence-corrected chi connectivity index (χ0v) is 20.9. The molecule has 36 heavy (non-hydrogen) atoms. The molecule has 0 spiro atoms. The van der Waals surface area contributed by atoms with E-state index in [4.69, 9.17) is 18.9 Å². The quantitative estimate of drug-likeness (QED) is 0.209. The summed E-state index contributed by atoms with van der Waals surface area (Å²) in [5.74, 6) is 0.885. The van der Waals surface area contributed by atoms with Crippen LogP contribution in [0.15, 0.2) is 78.9 Å². The van der Waals surface area contributed by atoms with E-state index in [1.807, 2.05) is 19.9 Å². The van der Waals surface area contributed by atoms with Crippen LogP contribution in [0.1, 0.15) is 25.0 Å². The molecule has 184 valence electrons. The highest BCUT2D eigenvalue weighted by atomic mass is 16.6. The van der Waals surface area contributed by atoms with E-state index in [0.29, 0.717) is 19.8 Å². The van der Waals surface area contributed by atoms with Gasteiger partial charge < -0.3 is 18.9 Å². The first-order valence-electron chi connectivity index (χ1n) is 12.9. The molecule has 1 aliphatic carbocycles. The van der Waals surface area contributed by atoms with Crippen LogP contribution in [0.25, 0.3) is 33.0 Å². The Morgan fingerprint density at radius 3 is 2.25 bits per heavy atom. The van der Waals surface area contributed by atoms with Crippen molar-refractivity contribution in [1.82, 2.24) is 0 Å². The van der Waals surface area contributed by atoms with Crippen molar-refractivity contribution in [3.05, 3.63) is 90.0 Å². The highest BCUT2D eigenvalue weighted by Crippen LogP contribution is 2.43. The van der Waals surface area contributed by atoms with Gasteiger partial charge >= 0.3 is 0 Å². The Labute approximate surface area is 212 Å². The van der Waals surface area contributed by atoms with Crippen LogP contribution in [0.4, 0.5) is 0 Å². The summed E-state index contributed by atoms with van der Waals surface area (Å²) in [4.78, 5) is 0. The minimum absolute atomic E-state index is 0.0375. The Hall–Kier alpha value is -3.18. The minimum atomic E-state index is -0.0393. The Balaban J connectivity index is 1.19.